The third kappa shape index (κ3) is 4.13. The fourth-order valence-corrected chi connectivity index (χ4v) is 3.95. The summed E-state index contributed by atoms with van der Waals surface area (Å²) < 4.78 is 6.07. The molecule has 1 amide bonds. The molecule has 6 heteroatoms. The van der Waals surface area contributed by atoms with Crippen molar-refractivity contribution < 1.29 is 14.3 Å². The first kappa shape index (κ1) is 16.9. The molecule has 1 aliphatic rings. The van der Waals surface area contributed by atoms with E-state index in [0.717, 1.165) is 32.8 Å². The number of hydrogen-bond donors (Lipinski definition) is 0. The Morgan fingerprint density at radius 1 is 1.25 bits per heavy atom. The standard InChI is InChI=1S/C18H16BrNO3S/c19-16-9-7-14(24-16)8-10-18(22)23-12-17(21)20-11-3-5-13-4-1-2-6-15(13)20/h1-2,4,6-10H,3,5,11-12H2/b10-8+. The van der Waals surface area contributed by atoms with Crippen LogP contribution in [0.3, 0.4) is 0 Å². The van der Waals surface area contributed by atoms with Crippen LogP contribution in [0.15, 0.2) is 46.3 Å². The Labute approximate surface area is 152 Å². The Morgan fingerprint density at radius 3 is 2.88 bits per heavy atom. The van der Waals surface area contributed by atoms with Gasteiger partial charge in [-0.2, -0.15) is 0 Å². The monoisotopic (exact) mass is 405 g/mol. The Balaban J connectivity index is 1.56. The lowest BCUT2D eigenvalue weighted by atomic mass is 10.0. The first-order valence-electron chi connectivity index (χ1n) is 7.62. The first-order chi connectivity index (χ1) is 11.6. The Hall–Kier alpha value is -1.92. The minimum atomic E-state index is -0.516. The van der Waals surface area contributed by atoms with Gasteiger partial charge in [-0.1, -0.05) is 18.2 Å². The van der Waals surface area contributed by atoms with Gasteiger partial charge in [-0.3, -0.25) is 4.79 Å². The number of benzene rings is 1. The van der Waals surface area contributed by atoms with E-state index >= 15 is 0 Å². The van der Waals surface area contributed by atoms with Crippen molar-refractivity contribution in [2.24, 2.45) is 0 Å². The number of thiophene rings is 1. The zero-order chi connectivity index (χ0) is 16.9. The SMILES string of the molecule is O=C(/C=C/c1ccc(Br)s1)OCC(=O)N1CCCc2ccccc21. The van der Waals surface area contributed by atoms with Crippen LogP contribution in [0.4, 0.5) is 5.69 Å². The highest BCUT2D eigenvalue weighted by Crippen LogP contribution is 2.26. The van der Waals surface area contributed by atoms with Gasteiger partial charge in [-0.25, -0.2) is 4.79 Å². The molecule has 0 spiro atoms. The summed E-state index contributed by atoms with van der Waals surface area (Å²) in [5, 5.41) is 0. The Bertz CT molecular complexity index is 784. The van der Waals surface area contributed by atoms with E-state index in [1.807, 2.05) is 36.4 Å². The highest BCUT2D eigenvalue weighted by atomic mass is 79.9. The van der Waals surface area contributed by atoms with Crippen molar-refractivity contribution in [1.29, 1.82) is 0 Å². The van der Waals surface area contributed by atoms with Gasteiger partial charge in [0.05, 0.1) is 3.79 Å². The summed E-state index contributed by atoms with van der Waals surface area (Å²) in [5.74, 6) is -0.707. The molecule has 0 radical (unpaired) electrons. The molecule has 2 heterocycles. The molecular formula is C18H16BrNO3S. The van der Waals surface area contributed by atoms with E-state index in [0.29, 0.717) is 6.54 Å². The van der Waals surface area contributed by atoms with Crippen LogP contribution in [0.2, 0.25) is 0 Å². The van der Waals surface area contributed by atoms with E-state index in [2.05, 4.69) is 15.9 Å². The second-order valence-corrected chi connectivity index (χ2v) is 7.86. The molecule has 1 aromatic heterocycles. The number of carbonyl (C=O) groups is 2. The zero-order valence-corrected chi connectivity index (χ0v) is 15.3. The van der Waals surface area contributed by atoms with Crippen molar-refractivity contribution >= 4 is 50.9 Å². The number of amides is 1. The van der Waals surface area contributed by atoms with E-state index in [9.17, 15) is 9.59 Å². The molecule has 2 aromatic rings. The Kier molecular flexibility index (Phi) is 5.48. The van der Waals surface area contributed by atoms with Gasteiger partial charge < -0.3 is 9.64 Å². The van der Waals surface area contributed by atoms with Crippen LogP contribution < -0.4 is 4.90 Å². The van der Waals surface area contributed by atoms with Crippen molar-refractivity contribution in [3.63, 3.8) is 0 Å². The van der Waals surface area contributed by atoms with Crippen LogP contribution in [0.25, 0.3) is 6.08 Å². The molecule has 0 saturated carbocycles. The number of para-hydroxylation sites is 1. The minimum Gasteiger partial charge on any atom is -0.452 e. The van der Waals surface area contributed by atoms with Crippen molar-refractivity contribution in [3.8, 4) is 0 Å². The van der Waals surface area contributed by atoms with E-state index in [1.165, 1.54) is 17.4 Å². The molecule has 0 unspecified atom stereocenters. The third-order valence-electron chi connectivity index (χ3n) is 3.73. The Morgan fingerprint density at radius 2 is 2.08 bits per heavy atom. The largest absolute Gasteiger partial charge is 0.452 e. The van der Waals surface area contributed by atoms with Crippen molar-refractivity contribution in [1.82, 2.24) is 0 Å². The van der Waals surface area contributed by atoms with E-state index in [1.54, 1.807) is 11.0 Å². The number of hydrogen-bond acceptors (Lipinski definition) is 4. The second-order valence-electron chi connectivity index (χ2n) is 5.36. The predicted octanol–water partition coefficient (Wildman–Crippen LogP) is 4.05. The maximum atomic E-state index is 12.4. The van der Waals surface area contributed by atoms with Crippen molar-refractivity contribution in [2.75, 3.05) is 18.1 Å². The molecular weight excluding hydrogens is 390 g/mol. The van der Waals surface area contributed by atoms with Crippen molar-refractivity contribution in [2.45, 2.75) is 12.8 Å². The number of fused-ring (bicyclic) bond motifs is 1. The predicted molar refractivity (Wildman–Crippen MR) is 99.1 cm³/mol. The van der Waals surface area contributed by atoms with Gasteiger partial charge in [0.1, 0.15) is 0 Å². The highest BCUT2D eigenvalue weighted by molar-refractivity contribution is 9.11. The van der Waals surface area contributed by atoms with Crippen LogP contribution in [0.5, 0.6) is 0 Å². The maximum absolute atomic E-state index is 12.4. The molecule has 24 heavy (non-hydrogen) atoms. The summed E-state index contributed by atoms with van der Waals surface area (Å²) in [6, 6.07) is 11.7. The molecule has 0 N–H and O–H groups in total. The molecule has 3 rings (SSSR count). The van der Waals surface area contributed by atoms with Gasteiger partial charge in [-0.15, -0.1) is 11.3 Å². The number of rotatable bonds is 4. The van der Waals surface area contributed by atoms with Gasteiger partial charge in [0.25, 0.3) is 5.91 Å². The first-order valence-corrected chi connectivity index (χ1v) is 9.23. The number of carbonyl (C=O) groups excluding carboxylic acids is 2. The minimum absolute atomic E-state index is 0.192. The van der Waals surface area contributed by atoms with Crippen LogP contribution in [0.1, 0.15) is 16.9 Å². The van der Waals surface area contributed by atoms with Crippen LogP contribution in [0, 0.1) is 0 Å². The number of aryl methyl sites for hydroxylation is 1. The number of ether oxygens (including phenoxy) is 1. The molecule has 0 bridgehead atoms. The molecule has 0 atom stereocenters. The van der Waals surface area contributed by atoms with Gasteiger partial charge in [0.15, 0.2) is 6.61 Å². The summed E-state index contributed by atoms with van der Waals surface area (Å²) >= 11 is 4.88. The summed E-state index contributed by atoms with van der Waals surface area (Å²) in [4.78, 5) is 26.8. The lowest BCUT2D eigenvalue weighted by molar-refractivity contribution is -0.142. The molecule has 1 aliphatic heterocycles. The fraction of sp³-hybridized carbons (Fsp3) is 0.222. The smallest absolute Gasteiger partial charge is 0.331 e. The topological polar surface area (TPSA) is 46.6 Å². The second kappa shape index (κ2) is 7.77. The summed E-state index contributed by atoms with van der Waals surface area (Å²) in [7, 11) is 0. The number of nitrogens with zero attached hydrogens (tertiary/aromatic N) is 1. The molecule has 124 valence electrons. The molecule has 0 saturated heterocycles. The van der Waals surface area contributed by atoms with E-state index in [-0.39, 0.29) is 12.5 Å². The van der Waals surface area contributed by atoms with Crippen LogP contribution in [-0.2, 0) is 20.7 Å². The fourth-order valence-electron chi connectivity index (χ4n) is 2.62. The maximum Gasteiger partial charge on any atom is 0.331 e. The van der Waals surface area contributed by atoms with Crippen LogP contribution in [-0.4, -0.2) is 25.0 Å². The summed E-state index contributed by atoms with van der Waals surface area (Å²) in [6.45, 7) is 0.415. The zero-order valence-electron chi connectivity index (χ0n) is 12.9. The third-order valence-corrected chi connectivity index (χ3v) is 5.32. The van der Waals surface area contributed by atoms with Gasteiger partial charge in [-0.05, 0) is 58.6 Å². The molecule has 0 aliphatic carbocycles. The van der Waals surface area contributed by atoms with Gasteiger partial charge in [0.2, 0.25) is 0 Å². The average Bonchev–Trinajstić information content (AvgIpc) is 3.02. The normalized spacial score (nSPS) is 13.8. The van der Waals surface area contributed by atoms with E-state index < -0.39 is 5.97 Å². The van der Waals surface area contributed by atoms with Crippen LogP contribution >= 0.6 is 27.3 Å². The van der Waals surface area contributed by atoms with Gasteiger partial charge in [0, 0.05) is 23.2 Å². The summed E-state index contributed by atoms with van der Waals surface area (Å²) in [6.07, 6.45) is 4.91. The average molecular weight is 406 g/mol. The number of halogens is 1. The number of anilines is 1. The highest BCUT2D eigenvalue weighted by Gasteiger charge is 2.22. The van der Waals surface area contributed by atoms with E-state index in [4.69, 9.17) is 4.74 Å². The number of esters is 1. The van der Waals surface area contributed by atoms with Crippen molar-refractivity contribution in [3.05, 3.63) is 56.7 Å². The quantitative estimate of drug-likeness (QED) is 0.569. The lowest BCUT2D eigenvalue weighted by Gasteiger charge is -2.29. The molecule has 4 nitrogen and oxygen atoms in total. The molecule has 1 aromatic carbocycles. The lowest BCUT2D eigenvalue weighted by Crippen LogP contribution is -2.38. The molecule has 0 fully saturated rings. The summed E-state index contributed by atoms with van der Waals surface area (Å²) in [5.41, 5.74) is 2.08. The van der Waals surface area contributed by atoms with Gasteiger partial charge >= 0.3 is 5.97 Å².